The number of nitrogens with zero attached hydrogens (tertiary/aromatic N) is 1. The van der Waals surface area contributed by atoms with Crippen molar-refractivity contribution in [2.45, 2.75) is 6.04 Å². The van der Waals surface area contributed by atoms with Gasteiger partial charge in [-0.15, -0.1) is 0 Å². The van der Waals surface area contributed by atoms with E-state index in [0.717, 1.165) is 22.4 Å². The molecule has 0 aliphatic carbocycles. The molecule has 0 radical (unpaired) electrons. The van der Waals surface area contributed by atoms with Gasteiger partial charge in [0.1, 0.15) is 5.75 Å². The van der Waals surface area contributed by atoms with Crippen molar-refractivity contribution in [3.8, 4) is 5.75 Å². The Bertz CT molecular complexity index is 636. The van der Waals surface area contributed by atoms with Gasteiger partial charge < -0.3 is 9.64 Å². The highest BCUT2D eigenvalue weighted by Crippen LogP contribution is 2.40. The zero-order valence-electron chi connectivity index (χ0n) is 11.0. The molecule has 1 atom stereocenters. The fraction of sp³-hybridized carbons (Fsp3) is 0.188. The Morgan fingerprint density at radius 3 is 2.37 bits per heavy atom. The maximum absolute atomic E-state index is 12.3. The van der Waals surface area contributed by atoms with Gasteiger partial charge in [0.2, 0.25) is 0 Å². The van der Waals surface area contributed by atoms with E-state index in [1.807, 2.05) is 55.6 Å². The van der Waals surface area contributed by atoms with Crippen LogP contribution in [0, 0.1) is 0 Å². The Morgan fingerprint density at radius 2 is 1.63 bits per heavy atom. The van der Waals surface area contributed by atoms with Crippen LogP contribution in [-0.4, -0.2) is 25.0 Å². The maximum Gasteiger partial charge on any atom is 0.254 e. The van der Waals surface area contributed by atoms with E-state index < -0.39 is 0 Å². The fourth-order valence-corrected chi connectivity index (χ4v) is 2.71. The van der Waals surface area contributed by atoms with Crippen molar-refractivity contribution >= 4 is 5.91 Å². The van der Waals surface area contributed by atoms with E-state index in [-0.39, 0.29) is 11.9 Å². The Morgan fingerprint density at radius 1 is 1.00 bits per heavy atom. The van der Waals surface area contributed by atoms with Crippen molar-refractivity contribution in [2.24, 2.45) is 0 Å². The van der Waals surface area contributed by atoms with Crippen LogP contribution in [0.15, 0.2) is 48.5 Å². The lowest BCUT2D eigenvalue weighted by atomic mass is 9.97. The van der Waals surface area contributed by atoms with Gasteiger partial charge in [0.05, 0.1) is 13.2 Å². The van der Waals surface area contributed by atoms with Gasteiger partial charge in [-0.2, -0.15) is 0 Å². The van der Waals surface area contributed by atoms with E-state index >= 15 is 0 Å². The molecule has 3 rings (SSSR count). The normalized spacial score (nSPS) is 17.5. The van der Waals surface area contributed by atoms with Crippen LogP contribution in [0.5, 0.6) is 5.75 Å². The monoisotopic (exact) mass is 253 g/mol. The van der Waals surface area contributed by atoms with Gasteiger partial charge in [-0.05, 0) is 17.7 Å². The van der Waals surface area contributed by atoms with Crippen LogP contribution >= 0.6 is 0 Å². The Hall–Kier alpha value is -2.29. The molecule has 1 heterocycles. The minimum atomic E-state index is -0.0696. The third kappa shape index (κ3) is 1.70. The second kappa shape index (κ2) is 4.43. The SMILES string of the molecule is COc1ccccc1C1c2ccccc2C(=O)N1C. The number of benzene rings is 2. The van der Waals surface area contributed by atoms with E-state index in [2.05, 4.69) is 0 Å². The summed E-state index contributed by atoms with van der Waals surface area (Å²) in [7, 11) is 3.49. The molecule has 1 aliphatic heterocycles. The van der Waals surface area contributed by atoms with Gasteiger partial charge in [-0.25, -0.2) is 0 Å². The molecule has 19 heavy (non-hydrogen) atoms. The van der Waals surface area contributed by atoms with E-state index in [0.29, 0.717) is 0 Å². The first kappa shape index (κ1) is 11.8. The number of para-hydroxylation sites is 1. The Labute approximate surface area is 112 Å². The second-order valence-corrected chi connectivity index (χ2v) is 4.65. The van der Waals surface area contributed by atoms with Crippen molar-refractivity contribution in [3.63, 3.8) is 0 Å². The lowest BCUT2D eigenvalue weighted by molar-refractivity contribution is 0.0792. The smallest absolute Gasteiger partial charge is 0.254 e. The van der Waals surface area contributed by atoms with E-state index in [4.69, 9.17) is 4.74 Å². The number of carbonyl (C=O) groups excluding carboxylic acids is 1. The summed E-state index contributed by atoms with van der Waals surface area (Å²) in [5.41, 5.74) is 2.84. The van der Waals surface area contributed by atoms with Gasteiger partial charge in [0.15, 0.2) is 0 Å². The highest BCUT2D eigenvalue weighted by Gasteiger charge is 2.36. The molecule has 2 aromatic rings. The summed E-state index contributed by atoms with van der Waals surface area (Å²) in [5, 5.41) is 0. The number of amides is 1. The average molecular weight is 253 g/mol. The van der Waals surface area contributed by atoms with Gasteiger partial charge in [0.25, 0.3) is 5.91 Å². The minimum absolute atomic E-state index is 0.0616. The predicted molar refractivity (Wildman–Crippen MR) is 73.4 cm³/mol. The zero-order valence-corrected chi connectivity index (χ0v) is 11.0. The van der Waals surface area contributed by atoms with Crippen LogP contribution in [0.2, 0.25) is 0 Å². The van der Waals surface area contributed by atoms with Crippen molar-refractivity contribution < 1.29 is 9.53 Å². The molecule has 0 N–H and O–H groups in total. The van der Waals surface area contributed by atoms with Gasteiger partial charge in [-0.1, -0.05) is 36.4 Å². The van der Waals surface area contributed by atoms with E-state index in [1.165, 1.54) is 0 Å². The first-order valence-electron chi connectivity index (χ1n) is 6.23. The molecule has 96 valence electrons. The molecule has 0 aromatic heterocycles. The number of methoxy groups -OCH3 is 1. The van der Waals surface area contributed by atoms with Crippen molar-refractivity contribution in [3.05, 3.63) is 65.2 Å². The Balaban J connectivity index is 2.18. The molecule has 3 heteroatoms. The van der Waals surface area contributed by atoms with Gasteiger partial charge in [0, 0.05) is 18.2 Å². The van der Waals surface area contributed by atoms with Gasteiger partial charge >= 0.3 is 0 Å². The maximum atomic E-state index is 12.3. The summed E-state index contributed by atoms with van der Waals surface area (Å²) >= 11 is 0. The molecule has 0 spiro atoms. The van der Waals surface area contributed by atoms with Crippen LogP contribution < -0.4 is 4.74 Å². The topological polar surface area (TPSA) is 29.5 Å². The summed E-state index contributed by atoms with van der Waals surface area (Å²) in [4.78, 5) is 14.0. The number of fused-ring (bicyclic) bond motifs is 1. The summed E-state index contributed by atoms with van der Waals surface area (Å²) in [6.07, 6.45) is 0. The molecular weight excluding hydrogens is 238 g/mol. The molecule has 0 fully saturated rings. The summed E-state index contributed by atoms with van der Waals surface area (Å²) in [6, 6.07) is 15.5. The first-order valence-corrected chi connectivity index (χ1v) is 6.23. The van der Waals surface area contributed by atoms with Crippen LogP contribution in [0.25, 0.3) is 0 Å². The molecule has 1 aliphatic rings. The second-order valence-electron chi connectivity index (χ2n) is 4.65. The van der Waals surface area contributed by atoms with Gasteiger partial charge in [-0.3, -0.25) is 4.79 Å². The van der Waals surface area contributed by atoms with E-state index in [9.17, 15) is 4.79 Å². The van der Waals surface area contributed by atoms with Crippen LogP contribution in [0.3, 0.4) is 0 Å². The van der Waals surface area contributed by atoms with E-state index in [1.54, 1.807) is 12.0 Å². The van der Waals surface area contributed by atoms with Crippen LogP contribution in [-0.2, 0) is 0 Å². The molecule has 1 unspecified atom stereocenters. The lowest BCUT2D eigenvalue weighted by Gasteiger charge is -2.23. The van der Waals surface area contributed by atoms with Crippen molar-refractivity contribution in [2.75, 3.05) is 14.2 Å². The average Bonchev–Trinajstić information content (AvgIpc) is 2.71. The largest absolute Gasteiger partial charge is 0.496 e. The minimum Gasteiger partial charge on any atom is -0.496 e. The van der Waals surface area contributed by atoms with Crippen molar-refractivity contribution in [1.29, 1.82) is 0 Å². The predicted octanol–water partition coefficient (Wildman–Crippen LogP) is 2.87. The highest BCUT2D eigenvalue weighted by atomic mass is 16.5. The zero-order chi connectivity index (χ0) is 13.4. The number of carbonyl (C=O) groups is 1. The molecule has 2 aromatic carbocycles. The van der Waals surface area contributed by atoms with Crippen LogP contribution in [0.4, 0.5) is 0 Å². The Kier molecular flexibility index (Phi) is 2.75. The molecule has 1 amide bonds. The molecule has 0 bridgehead atoms. The molecule has 0 saturated carbocycles. The highest BCUT2D eigenvalue weighted by molar-refractivity contribution is 5.99. The first-order chi connectivity index (χ1) is 9.24. The summed E-state index contributed by atoms with van der Waals surface area (Å²) < 4.78 is 5.42. The standard InChI is InChI=1S/C16H15NO2/c1-17-15(13-9-5-6-10-14(13)19-2)11-7-3-4-8-12(11)16(17)18/h3-10,15H,1-2H3. The van der Waals surface area contributed by atoms with Crippen molar-refractivity contribution in [1.82, 2.24) is 4.90 Å². The molecule has 0 saturated heterocycles. The molecular formula is C16H15NO2. The number of rotatable bonds is 2. The number of hydrogen-bond acceptors (Lipinski definition) is 2. The summed E-state index contributed by atoms with van der Waals surface area (Å²) in [6.45, 7) is 0. The summed E-state index contributed by atoms with van der Waals surface area (Å²) in [5.74, 6) is 0.871. The van der Waals surface area contributed by atoms with Crippen LogP contribution in [0.1, 0.15) is 27.5 Å². The molecule has 3 nitrogen and oxygen atoms in total. The quantitative estimate of drug-likeness (QED) is 0.823. The lowest BCUT2D eigenvalue weighted by Crippen LogP contribution is -2.24. The fourth-order valence-electron chi connectivity index (χ4n) is 2.71. The number of ether oxygens (including phenoxy) is 1. The third-order valence-corrected chi connectivity index (χ3v) is 3.63. The number of hydrogen-bond donors (Lipinski definition) is 0. The third-order valence-electron chi connectivity index (χ3n) is 3.63.